The third kappa shape index (κ3) is 3.81. The number of thiophene rings is 1. The zero-order valence-corrected chi connectivity index (χ0v) is 17.1. The van der Waals surface area contributed by atoms with Gasteiger partial charge in [0.2, 0.25) is 0 Å². The summed E-state index contributed by atoms with van der Waals surface area (Å²) >= 11 is 1.41. The van der Waals surface area contributed by atoms with Crippen LogP contribution in [0.1, 0.15) is 37.6 Å². The van der Waals surface area contributed by atoms with Crippen molar-refractivity contribution in [1.29, 1.82) is 0 Å². The van der Waals surface area contributed by atoms with Gasteiger partial charge in [-0.1, -0.05) is 12.1 Å². The van der Waals surface area contributed by atoms with E-state index in [0.717, 1.165) is 24.1 Å². The van der Waals surface area contributed by atoms with Crippen LogP contribution < -0.4 is 10.2 Å². The number of hydrogen-bond donors (Lipinski definition) is 1. The molecule has 0 saturated heterocycles. The molecule has 2 heterocycles. The summed E-state index contributed by atoms with van der Waals surface area (Å²) in [7, 11) is 0. The van der Waals surface area contributed by atoms with Crippen LogP contribution in [0.2, 0.25) is 0 Å². The molecule has 1 aliphatic heterocycles. The molecule has 7 nitrogen and oxygen atoms in total. The average Bonchev–Trinajstić information content (AvgIpc) is 3.27. The highest BCUT2D eigenvalue weighted by Gasteiger charge is 2.25. The molecule has 3 aromatic rings. The second kappa shape index (κ2) is 8.08. The normalized spacial score (nSPS) is 12.9. The lowest BCUT2D eigenvalue weighted by atomic mass is 10.0. The highest BCUT2D eigenvalue weighted by Crippen LogP contribution is 2.32. The van der Waals surface area contributed by atoms with Crippen molar-refractivity contribution in [3.8, 4) is 0 Å². The van der Waals surface area contributed by atoms with Gasteiger partial charge in [0.25, 0.3) is 17.5 Å². The van der Waals surface area contributed by atoms with Gasteiger partial charge in [-0.15, -0.1) is 11.3 Å². The molecule has 1 aliphatic rings. The van der Waals surface area contributed by atoms with Crippen molar-refractivity contribution in [2.24, 2.45) is 0 Å². The highest BCUT2D eigenvalue weighted by molar-refractivity contribution is 7.12. The molecule has 1 N–H and O–H groups in total. The maximum atomic E-state index is 12.9. The van der Waals surface area contributed by atoms with Crippen LogP contribution >= 0.6 is 11.3 Å². The Morgan fingerprint density at radius 2 is 2.00 bits per heavy atom. The Balaban J connectivity index is 1.58. The topological polar surface area (TPSA) is 92.6 Å². The molecule has 1 aromatic heterocycles. The molecule has 0 spiro atoms. The van der Waals surface area contributed by atoms with Crippen LogP contribution in [0.5, 0.6) is 0 Å². The molecule has 152 valence electrons. The third-order valence-electron chi connectivity index (χ3n) is 5.09. The van der Waals surface area contributed by atoms with Crippen LogP contribution in [0.15, 0.2) is 53.9 Å². The van der Waals surface area contributed by atoms with E-state index in [0.29, 0.717) is 28.2 Å². The van der Waals surface area contributed by atoms with Gasteiger partial charge in [0.1, 0.15) is 0 Å². The quantitative estimate of drug-likeness (QED) is 0.483. The SMILES string of the molecule is Cc1cc(C(=O)Nc2ccc3c(c2)N(C(=O)c2cccs2)CCC3)ccc1[N+](=O)[O-]. The Hall–Kier alpha value is -3.52. The number of carbonyl (C=O) groups is 2. The van der Waals surface area contributed by atoms with Gasteiger partial charge in [-0.2, -0.15) is 0 Å². The van der Waals surface area contributed by atoms with Crippen molar-refractivity contribution >= 4 is 40.2 Å². The summed E-state index contributed by atoms with van der Waals surface area (Å²) in [6.45, 7) is 2.23. The van der Waals surface area contributed by atoms with E-state index >= 15 is 0 Å². The van der Waals surface area contributed by atoms with Crippen LogP contribution in [-0.2, 0) is 6.42 Å². The van der Waals surface area contributed by atoms with E-state index < -0.39 is 4.92 Å². The molecule has 2 amide bonds. The lowest BCUT2D eigenvalue weighted by Crippen LogP contribution is -2.35. The molecule has 0 bridgehead atoms. The molecule has 2 aromatic carbocycles. The summed E-state index contributed by atoms with van der Waals surface area (Å²) in [6, 6.07) is 13.5. The molecule has 0 saturated carbocycles. The molecular weight excluding hydrogens is 402 g/mol. The lowest BCUT2D eigenvalue weighted by Gasteiger charge is -2.29. The summed E-state index contributed by atoms with van der Waals surface area (Å²) in [5.41, 5.74) is 3.17. The van der Waals surface area contributed by atoms with Gasteiger partial charge in [0, 0.05) is 35.1 Å². The number of nitro benzene ring substituents is 1. The second-order valence-corrected chi connectivity index (χ2v) is 8.04. The van der Waals surface area contributed by atoms with E-state index in [4.69, 9.17) is 0 Å². The Bertz CT molecular complexity index is 1140. The lowest BCUT2D eigenvalue weighted by molar-refractivity contribution is -0.385. The van der Waals surface area contributed by atoms with E-state index in [9.17, 15) is 19.7 Å². The van der Waals surface area contributed by atoms with Gasteiger partial charge < -0.3 is 10.2 Å². The first kappa shape index (κ1) is 19.8. The van der Waals surface area contributed by atoms with Crippen molar-refractivity contribution in [3.63, 3.8) is 0 Å². The number of anilines is 2. The number of rotatable bonds is 4. The van der Waals surface area contributed by atoms with Gasteiger partial charge >= 0.3 is 0 Å². The van der Waals surface area contributed by atoms with Crippen molar-refractivity contribution in [2.45, 2.75) is 19.8 Å². The average molecular weight is 421 g/mol. The van der Waals surface area contributed by atoms with Crippen LogP contribution in [0.4, 0.5) is 17.1 Å². The third-order valence-corrected chi connectivity index (χ3v) is 5.95. The van der Waals surface area contributed by atoms with E-state index in [1.807, 2.05) is 35.7 Å². The minimum atomic E-state index is -0.473. The monoisotopic (exact) mass is 421 g/mol. The molecule has 0 radical (unpaired) electrons. The molecule has 8 heteroatoms. The first-order valence-electron chi connectivity index (χ1n) is 9.49. The summed E-state index contributed by atoms with van der Waals surface area (Å²) < 4.78 is 0. The van der Waals surface area contributed by atoms with E-state index in [1.165, 1.54) is 29.5 Å². The molecule has 0 unspecified atom stereocenters. The number of nitrogens with zero attached hydrogens (tertiary/aromatic N) is 2. The summed E-state index contributed by atoms with van der Waals surface area (Å²) in [5.74, 6) is -0.402. The van der Waals surface area contributed by atoms with Crippen molar-refractivity contribution in [1.82, 2.24) is 0 Å². The summed E-state index contributed by atoms with van der Waals surface area (Å²) in [6.07, 6.45) is 1.76. The highest BCUT2D eigenvalue weighted by atomic mass is 32.1. The Labute approximate surface area is 177 Å². The number of nitrogens with one attached hydrogen (secondary N) is 1. The van der Waals surface area contributed by atoms with Crippen LogP contribution in [0.3, 0.4) is 0 Å². The molecule has 4 rings (SSSR count). The van der Waals surface area contributed by atoms with Gasteiger partial charge in [-0.3, -0.25) is 19.7 Å². The number of hydrogen-bond acceptors (Lipinski definition) is 5. The van der Waals surface area contributed by atoms with Gasteiger partial charge in [-0.05, 0) is 61.0 Å². The number of fused-ring (bicyclic) bond motifs is 1. The zero-order valence-electron chi connectivity index (χ0n) is 16.3. The van der Waals surface area contributed by atoms with E-state index in [-0.39, 0.29) is 17.5 Å². The predicted octanol–water partition coefficient (Wildman–Crippen LogP) is 4.81. The number of amides is 2. The van der Waals surface area contributed by atoms with Crippen LogP contribution in [0, 0.1) is 17.0 Å². The maximum Gasteiger partial charge on any atom is 0.272 e. The van der Waals surface area contributed by atoms with E-state index in [1.54, 1.807) is 11.8 Å². The fourth-order valence-electron chi connectivity index (χ4n) is 3.60. The first-order valence-corrected chi connectivity index (χ1v) is 10.4. The smallest absolute Gasteiger partial charge is 0.272 e. The molecule has 0 fully saturated rings. The predicted molar refractivity (Wildman–Crippen MR) is 117 cm³/mol. The summed E-state index contributed by atoms with van der Waals surface area (Å²) in [5, 5.41) is 15.7. The van der Waals surface area contributed by atoms with Gasteiger partial charge in [-0.25, -0.2) is 0 Å². The van der Waals surface area contributed by atoms with Crippen LogP contribution in [-0.4, -0.2) is 23.3 Å². The fourth-order valence-corrected chi connectivity index (χ4v) is 4.27. The minimum Gasteiger partial charge on any atom is -0.322 e. The molecule has 0 aliphatic carbocycles. The fraction of sp³-hybridized carbons (Fsp3) is 0.182. The second-order valence-electron chi connectivity index (χ2n) is 7.09. The zero-order chi connectivity index (χ0) is 21.3. The Morgan fingerprint density at radius 3 is 2.70 bits per heavy atom. The van der Waals surface area contributed by atoms with E-state index in [2.05, 4.69) is 5.32 Å². The standard InChI is InChI=1S/C22H19N3O4S/c1-14-12-16(7-9-18(14)25(28)29)21(26)23-17-8-6-15-4-2-10-24(19(15)13-17)22(27)20-5-3-11-30-20/h3,5-9,11-13H,2,4,10H2,1H3,(H,23,26). The number of nitro groups is 1. The first-order chi connectivity index (χ1) is 14.4. The van der Waals surface area contributed by atoms with Crippen molar-refractivity contribution in [3.05, 3.63) is 85.6 Å². The molecular formula is C22H19N3O4S. The molecule has 30 heavy (non-hydrogen) atoms. The number of benzene rings is 2. The Kier molecular flexibility index (Phi) is 5.33. The number of carbonyl (C=O) groups excluding carboxylic acids is 2. The maximum absolute atomic E-state index is 12.9. The minimum absolute atomic E-state index is 0.0249. The largest absolute Gasteiger partial charge is 0.322 e. The summed E-state index contributed by atoms with van der Waals surface area (Å²) in [4.78, 5) is 38.5. The van der Waals surface area contributed by atoms with Gasteiger partial charge in [0.15, 0.2) is 0 Å². The van der Waals surface area contributed by atoms with Gasteiger partial charge in [0.05, 0.1) is 9.80 Å². The Morgan fingerprint density at radius 1 is 1.17 bits per heavy atom. The number of aryl methyl sites for hydroxylation is 2. The van der Waals surface area contributed by atoms with Crippen molar-refractivity contribution < 1.29 is 14.5 Å². The van der Waals surface area contributed by atoms with Crippen LogP contribution in [0.25, 0.3) is 0 Å². The van der Waals surface area contributed by atoms with Crippen molar-refractivity contribution in [2.75, 3.05) is 16.8 Å². The molecule has 0 atom stereocenters.